The second-order valence-corrected chi connectivity index (χ2v) is 4.16. The molecule has 1 aliphatic rings. The summed E-state index contributed by atoms with van der Waals surface area (Å²) in [7, 11) is 0. The number of rotatable bonds is 1. The van der Waals surface area contributed by atoms with Gasteiger partial charge < -0.3 is 10.0 Å². The van der Waals surface area contributed by atoms with Crippen molar-refractivity contribution in [1.82, 2.24) is 4.57 Å². The van der Waals surface area contributed by atoms with Crippen molar-refractivity contribution in [3.05, 3.63) is 18.0 Å². The number of hydrogen-bond acceptors (Lipinski definition) is 2. The lowest BCUT2D eigenvalue weighted by Gasteiger charge is -2.30. The lowest BCUT2D eigenvalue weighted by atomic mass is 10.1. The first-order valence-electron chi connectivity index (χ1n) is 5.28. The summed E-state index contributed by atoms with van der Waals surface area (Å²) in [4.78, 5) is 24.4. The fourth-order valence-corrected chi connectivity index (χ4v) is 2.15. The van der Waals surface area contributed by atoms with Crippen molar-refractivity contribution in [3.8, 4) is 0 Å². The summed E-state index contributed by atoms with van der Waals surface area (Å²) < 4.78 is 1.19. The average molecular weight is 222 g/mol. The molecule has 0 saturated heterocycles. The molecule has 0 bridgehead atoms. The fourth-order valence-electron chi connectivity index (χ4n) is 2.15. The Hall–Kier alpha value is -1.78. The van der Waals surface area contributed by atoms with Crippen LogP contribution >= 0.6 is 0 Å². The Morgan fingerprint density at radius 1 is 1.44 bits per heavy atom. The number of nitrogens with zero attached hydrogens (tertiary/aromatic N) is 2. The molecule has 0 unspecified atom stereocenters. The molecule has 5 heteroatoms. The minimum Gasteiger partial charge on any atom is -0.464 e. The first-order valence-corrected chi connectivity index (χ1v) is 5.28. The molecule has 0 atom stereocenters. The maximum Gasteiger partial charge on any atom is 0.415 e. The molecule has 0 radical (unpaired) electrons. The van der Waals surface area contributed by atoms with Crippen molar-refractivity contribution >= 4 is 17.7 Å². The van der Waals surface area contributed by atoms with Crippen LogP contribution in [0.4, 0.5) is 10.5 Å². The molecule has 1 amide bonds. The molecule has 0 aromatic carbocycles. The van der Waals surface area contributed by atoms with E-state index in [-0.39, 0.29) is 11.9 Å². The molecule has 5 nitrogen and oxygen atoms in total. The van der Waals surface area contributed by atoms with Gasteiger partial charge in [-0.05, 0) is 26.3 Å². The summed E-state index contributed by atoms with van der Waals surface area (Å²) in [6.07, 6.45) is 1.37. The van der Waals surface area contributed by atoms with E-state index in [4.69, 9.17) is 5.11 Å². The smallest absolute Gasteiger partial charge is 0.415 e. The van der Waals surface area contributed by atoms with Gasteiger partial charge in [-0.15, -0.1) is 0 Å². The Bertz CT molecular complexity index is 448. The third-order valence-electron chi connectivity index (χ3n) is 2.79. The summed E-state index contributed by atoms with van der Waals surface area (Å²) in [5.74, 6) is 0.0608. The second kappa shape index (κ2) is 3.66. The monoisotopic (exact) mass is 222 g/mol. The topological polar surface area (TPSA) is 62.5 Å². The first-order chi connectivity index (χ1) is 7.52. The van der Waals surface area contributed by atoms with Crippen LogP contribution in [-0.4, -0.2) is 27.7 Å². The summed E-state index contributed by atoms with van der Waals surface area (Å²) in [6, 6.07) is 1.75. The van der Waals surface area contributed by atoms with Crippen LogP contribution in [0.2, 0.25) is 0 Å². The standard InChI is InChI=1S/C11H14N2O3/c1-7(2)13-9-5-6-12(11(15)16)8(9)3-4-10(13)14/h5-7H,3-4H2,1-2H3,(H,15,16). The van der Waals surface area contributed by atoms with Crippen molar-refractivity contribution in [3.63, 3.8) is 0 Å². The number of anilines is 1. The number of hydrogen-bond donors (Lipinski definition) is 1. The van der Waals surface area contributed by atoms with Gasteiger partial charge in [-0.3, -0.25) is 9.36 Å². The lowest BCUT2D eigenvalue weighted by molar-refractivity contribution is -0.119. The molecule has 2 rings (SSSR count). The Kier molecular flexibility index (Phi) is 2.46. The molecule has 0 saturated carbocycles. The minimum absolute atomic E-state index is 0.0520. The molecule has 1 N–H and O–H groups in total. The van der Waals surface area contributed by atoms with Crippen LogP contribution in [0.25, 0.3) is 0 Å². The molecular weight excluding hydrogens is 208 g/mol. The van der Waals surface area contributed by atoms with Crippen LogP contribution in [0.3, 0.4) is 0 Å². The van der Waals surface area contributed by atoms with E-state index in [0.29, 0.717) is 18.5 Å². The van der Waals surface area contributed by atoms with E-state index in [0.717, 1.165) is 5.69 Å². The van der Waals surface area contributed by atoms with Crippen molar-refractivity contribution < 1.29 is 14.7 Å². The molecule has 86 valence electrons. The van der Waals surface area contributed by atoms with Crippen LogP contribution in [-0.2, 0) is 11.2 Å². The van der Waals surface area contributed by atoms with Crippen molar-refractivity contribution in [2.24, 2.45) is 0 Å². The van der Waals surface area contributed by atoms with Crippen molar-refractivity contribution in [2.45, 2.75) is 32.7 Å². The van der Waals surface area contributed by atoms with Gasteiger partial charge >= 0.3 is 6.09 Å². The number of aromatic nitrogens is 1. The Morgan fingerprint density at radius 3 is 2.69 bits per heavy atom. The number of carboxylic acid groups (broad SMARTS) is 1. The highest BCUT2D eigenvalue weighted by Gasteiger charge is 2.29. The predicted octanol–water partition coefficient (Wildman–Crippen LogP) is 1.70. The Balaban J connectivity index is 2.50. The molecule has 2 heterocycles. The van der Waals surface area contributed by atoms with Gasteiger partial charge in [0.2, 0.25) is 5.91 Å². The number of fused-ring (bicyclic) bond motifs is 1. The maximum absolute atomic E-state index is 11.7. The first kappa shape index (κ1) is 10.7. The van der Waals surface area contributed by atoms with Crippen molar-refractivity contribution in [2.75, 3.05) is 4.90 Å². The third kappa shape index (κ3) is 1.48. The zero-order valence-electron chi connectivity index (χ0n) is 9.30. The van der Waals surface area contributed by atoms with Crippen LogP contribution < -0.4 is 4.90 Å². The van der Waals surface area contributed by atoms with E-state index < -0.39 is 6.09 Å². The average Bonchev–Trinajstić information content (AvgIpc) is 2.59. The van der Waals surface area contributed by atoms with Gasteiger partial charge in [0.1, 0.15) is 0 Å². The number of carbonyl (C=O) groups excluding carboxylic acids is 1. The highest BCUT2D eigenvalue weighted by atomic mass is 16.4. The molecule has 1 aromatic heterocycles. The van der Waals surface area contributed by atoms with Gasteiger partial charge in [0.25, 0.3) is 0 Å². The van der Waals surface area contributed by atoms with E-state index in [1.165, 1.54) is 10.8 Å². The third-order valence-corrected chi connectivity index (χ3v) is 2.79. The number of amides is 1. The summed E-state index contributed by atoms with van der Waals surface area (Å²) in [5.41, 5.74) is 1.44. The highest BCUT2D eigenvalue weighted by Crippen LogP contribution is 2.30. The zero-order valence-corrected chi connectivity index (χ0v) is 9.30. The predicted molar refractivity (Wildman–Crippen MR) is 58.8 cm³/mol. The quantitative estimate of drug-likeness (QED) is 0.786. The van der Waals surface area contributed by atoms with E-state index in [1.807, 2.05) is 13.8 Å². The molecule has 0 fully saturated rings. The Labute approximate surface area is 93.3 Å². The molecule has 1 aliphatic heterocycles. The van der Waals surface area contributed by atoms with Crippen LogP contribution in [0.5, 0.6) is 0 Å². The molecule has 0 spiro atoms. The lowest BCUT2D eigenvalue weighted by Crippen LogP contribution is -2.40. The summed E-state index contributed by atoms with van der Waals surface area (Å²) >= 11 is 0. The highest BCUT2D eigenvalue weighted by molar-refractivity contribution is 5.97. The van der Waals surface area contributed by atoms with E-state index in [2.05, 4.69) is 0 Å². The van der Waals surface area contributed by atoms with Gasteiger partial charge in [-0.1, -0.05) is 0 Å². The molecular formula is C11H14N2O3. The van der Waals surface area contributed by atoms with Gasteiger partial charge in [0, 0.05) is 18.7 Å². The van der Waals surface area contributed by atoms with Crippen LogP contribution in [0.15, 0.2) is 12.3 Å². The fraction of sp³-hybridized carbons (Fsp3) is 0.455. The maximum atomic E-state index is 11.7. The normalized spacial score (nSPS) is 15.4. The minimum atomic E-state index is -1.00. The zero-order chi connectivity index (χ0) is 11.9. The summed E-state index contributed by atoms with van der Waals surface area (Å²) in [5, 5.41) is 8.98. The van der Waals surface area contributed by atoms with Crippen LogP contribution in [0.1, 0.15) is 26.0 Å². The second-order valence-electron chi connectivity index (χ2n) is 4.16. The van der Waals surface area contributed by atoms with Crippen molar-refractivity contribution in [1.29, 1.82) is 0 Å². The largest absolute Gasteiger partial charge is 0.464 e. The Morgan fingerprint density at radius 2 is 2.12 bits per heavy atom. The van der Waals surface area contributed by atoms with Gasteiger partial charge in [0.15, 0.2) is 0 Å². The SMILES string of the molecule is CC(C)N1C(=O)CCc2c1ccn2C(=O)O. The molecule has 16 heavy (non-hydrogen) atoms. The molecule has 0 aliphatic carbocycles. The van der Waals surface area contributed by atoms with Gasteiger partial charge in [-0.25, -0.2) is 4.79 Å². The van der Waals surface area contributed by atoms with Gasteiger partial charge in [-0.2, -0.15) is 0 Å². The van der Waals surface area contributed by atoms with E-state index >= 15 is 0 Å². The van der Waals surface area contributed by atoms with Crippen LogP contribution in [0, 0.1) is 0 Å². The van der Waals surface area contributed by atoms with E-state index in [9.17, 15) is 9.59 Å². The molecule has 1 aromatic rings. The summed E-state index contributed by atoms with van der Waals surface area (Å²) in [6.45, 7) is 3.84. The number of carbonyl (C=O) groups is 2. The van der Waals surface area contributed by atoms with Gasteiger partial charge in [0.05, 0.1) is 11.4 Å². The van der Waals surface area contributed by atoms with E-state index in [1.54, 1.807) is 11.0 Å².